The van der Waals surface area contributed by atoms with Crippen LogP contribution in [0.25, 0.3) is 0 Å². The lowest BCUT2D eigenvalue weighted by molar-refractivity contribution is -0.141. The molecule has 0 aliphatic carbocycles. The molecule has 0 fully saturated rings. The first kappa shape index (κ1) is 11.0. The molecule has 0 radical (unpaired) electrons. The van der Waals surface area contributed by atoms with E-state index in [0.29, 0.717) is 19.4 Å². The number of terminal acetylenes is 1. The van der Waals surface area contributed by atoms with Crippen molar-refractivity contribution >= 4 is 5.97 Å². The normalized spacial score (nSPS) is 12.0. The minimum Gasteiger partial charge on any atom is -0.481 e. The summed E-state index contributed by atoms with van der Waals surface area (Å²) in [7, 11) is 0. The molecule has 0 aliphatic rings. The molecule has 12 heavy (non-hydrogen) atoms. The van der Waals surface area contributed by atoms with E-state index < -0.39 is 5.97 Å². The van der Waals surface area contributed by atoms with Gasteiger partial charge in [-0.3, -0.25) is 4.79 Å². The van der Waals surface area contributed by atoms with Gasteiger partial charge in [0.05, 0.1) is 5.92 Å². The van der Waals surface area contributed by atoms with Crippen molar-refractivity contribution in [3.05, 3.63) is 0 Å². The molecule has 3 nitrogen and oxygen atoms in total. The van der Waals surface area contributed by atoms with Crippen LogP contribution in [-0.4, -0.2) is 17.6 Å². The Labute approximate surface area is 73.0 Å². The van der Waals surface area contributed by atoms with E-state index in [1.54, 1.807) is 0 Å². The SMILES string of the molecule is C#CCC(CCCCN)C(=O)O. The molecule has 3 N–H and O–H groups in total. The molecule has 1 unspecified atom stereocenters. The summed E-state index contributed by atoms with van der Waals surface area (Å²) in [5.41, 5.74) is 5.28. The van der Waals surface area contributed by atoms with Gasteiger partial charge < -0.3 is 10.8 Å². The summed E-state index contributed by atoms with van der Waals surface area (Å²) in [4.78, 5) is 10.6. The molecule has 0 aliphatic heterocycles. The largest absolute Gasteiger partial charge is 0.481 e. The van der Waals surface area contributed by atoms with E-state index in [1.807, 2.05) is 0 Å². The second-order valence-corrected chi connectivity index (χ2v) is 2.73. The second kappa shape index (κ2) is 6.68. The lowest BCUT2D eigenvalue weighted by atomic mass is 9.99. The minimum atomic E-state index is -0.801. The van der Waals surface area contributed by atoms with Gasteiger partial charge in [0.1, 0.15) is 0 Å². The maximum atomic E-state index is 10.6. The molecule has 0 aromatic rings. The molecule has 0 bridgehead atoms. The van der Waals surface area contributed by atoms with Gasteiger partial charge in [0.2, 0.25) is 0 Å². The van der Waals surface area contributed by atoms with Gasteiger partial charge in [0.15, 0.2) is 0 Å². The predicted octanol–water partition coefficient (Wildman–Crippen LogP) is 0.840. The third kappa shape index (κ3) is 4.75. The molecule has 0 aromatic heterocycles. The highest BCUT2D eigenvalue weighted by molar-refractivity contribution is 5.70. The fourth-order valence-corrected chi connectivity index (χ4v) is 0.990. The van der Waals surface area contributed by atoms with Crippen LogP contribution in [0.5, 0.6) is 0 Å². The number of rotatable bonds is 6. The first-order valence-corrected chi connectivity index (χ1v) is 4.08. The number of hydrogen-bond donors (Lipinski definition) is 2. The van der Waals surface area contributed by atoms with Crippen LogP contribution < -0.4 is 5.73 Å². The number of nitrogens with two attached hydrogens (primary N) is 1. The van der Waals surface area contributed by atoms with Crippen LogP contribution in [0.4, 0.5) is 0 Å². The van der Waals surface area contributed by atoms with Gasteiger partial charge in [-0.25, -0.2) is 0 Å². The second-order valence-electron chi connectivity index (χ2n) is 2.73. The molecule has 0 aromatic carbocycles. The number of carboxylic acids is 1. The Hall–Kier alpha value is -1.01. The van der Waals surface area contributed by atoms with Crippen molar-refractivity contribution in [1.82, 2.24) is 0 Å². The maximum absolute atomic E-state index is 10.6. The van der Waals surface area contributed by atoms with E-state index in [-0.39, 0.29) is 5.92 Å². The van der Waals surface area contributed by atoms with E-state index in [4.69, 9.17) is 17.3 Å². The van der Waals surface area contributed by atoms with E-state index in [1.165, 1.54) is 0 Å². The Morgan fingerprint density at radius 1 is 1.58 bits per heavy atom. The Kier molecular flexibility index (Phi) is 6.12. The van der Waals surface area contributed by atoms with Gasteiger partial charge in [0.25, 0.3) is 0 Å². The van der Waals surface area contributed by atoms with Gasteiger partial charge in [-0.15, -0.1) is 12.3 Å². The Morgan fingerprint density at radius 2 is 2.25 bits per heavy atom. The molecule has 0 saturated carbocycles. The zero-order chi connectivity index (χ0) is 9.40. The van der Waals surface area contributed by atoms with Crippen LogP contribution in [-0.2, 0) is 4.79 Å². The highest BCUT2D eigenvalue weighted by Gasteiger charge is 2.14. The Bertz CT molecular complexity index is 172. The highest BCUT2D eigenvalue weighted by atomic mass is 16.4. The zero-order valence-electron chi connectivity index (χ0n) is 7.12. The lowest BCUT2D eigenvalue weighted by Gasteiger charge is -2.07. The molecule has 3 heteroatoms. The molecule has 68 valence electrons. The topological polar surface area (TPSA) is 63.3 Å². The predicted molar refractivity (Wildman–Crippen MR) is 47.5 cm³/mol. The van der Waals surface area contributed by atoms with Crippen molar-refractivity contribution in [2.45, 2.75) is 25.7 Å². The summed E-state index contributed by atoms with van der Waals surface area (Å²) in [5, 5.41) is 8.68. The fourth-order valence-electron chi connectivity index (χ4n) is 0.990. The molecule has 0 saturated heterocycles. The summed E-state index contributed by atoms with van der Waals surface area (Å²) in [6.07, 6.45) is 7.70. The van der Waals surface area contributed by atoms with Crippen molar-refractivity contribution in [1.29, 1.82) is 0 Å². The number of unbranched alkanes of at least 4 members (excludes halogenated alkanes) is 1. The van der Waals surface area contributed by atoms with E-state index in [2.05, 4.69) is 5.92 Å². The molecule has 0 spiro atoms. The summed E-state index contributed by atoms with van der Waals surface area (Å²) in [5.74, 6) is 1.18. The van der Waals surface area contributed by atoms with Gasteiger partial charge >= 0.3 is 5.97 Å². The highest BCUT2D eigenvalue weighted by Crippen LogP contribution is 2.11. The molecular formula is C9H15NO2. The van der Waals surface area contributed by atoms with Crippen molar-refractivity contribution in [2.75, 3.05) is 6.54 Å². The van der Waals surface area contributed by atoms with Crippen LogP contribution >= 0.6 is 0 Å². The monoisotopic (exact) mass is 169 g/mol. The summed E-state index contributed by atoms with van der Waals surface area (Å²) in [6.45, 7) is 0.613. The number of aliphatic carboxylic acids is 1. The molecular weight excluding hydrogens is 154 g/mol. The van der Waals surface area contributed by atoms with Crippen LogP contribution in [0.3, 0.4) is 0 Å². The van der Waals surface area contributed by atoms with E-state index >= 15 is 0 Å². The smallest absolute Gasteiger partial charge is 0.307 e. The third-order valence-corrected chi connectivity index (χ3v) is 1.72. The summed E-state index contributed by atoms with van der Waals surface area (Å²) in [6, 6.07) is 0. The lowest BCUT2D eigenvalue weighted by Crippen LogP contribution is -2.13. The number of carbonyl (C=O) groups is 1. The van der Waals surface area contributed by atoms with Gasteiger partial charge in [-0.2, -0.15) is 0 Å². The zero-order valence-corrected chi connectivity index (χ0v) is 7.12. The van der Waals surface area contributed by atoms with Crippen molar-refractivity contribution in [3.63, 3.8) is 0 Å². The molecule has 0 rings (SSSR count). The third-order valence-electron chi connectivity index (χ3n) is 1.72. The van der Waals surface area contributed by atoms with Crippen LogP contribution in [0, 0.1) is 18.3 Å². The first-order valence-electron chi connectivity index (χ1n) is 4.08. The van der Waals surface area contributed by atoms with Gasteiger partial charge in [-0.05, 0) is 19.4 Å². The van der Waals surface area contributed by atoms with Crippen LogP contribution in [0.15, 0.2) is 0 Å². The maximum Gasteiger partial charge on any atom is 0.307 e. The van der Waals surface area contributed by atoms with Crippen molar-refractivity contribution in [3.8, 4) is 12.3 Å². The number of carboxylic acid groups (broad SMARTS) is 1. The van der Waals surface area contributed by atoms with Gasteiger partial charge in [-0.1, -0.05) is 6.42 Å². The van der Waals surface area contributed by atoms with Crippen molar-refractivity contribution in [2.24, 2.45) is 11.7 Å². The minimum absolute atomic E-state index is 0.319. The van der Waals surface area contributed by atoms with E-state index in [0.717, 1.165) is 12.8 Å². The first-order chi connectivity index (χ1) is 5.72. The Balaban J connectivity index is 3.65. The molecule has 0 heterocycles. The van der Waals surface area contributed by atoms with Crippen molar-refractivity contribution < 1.29 is 9.90 Å². The summed E-state index contributed by atoms with van der Waals surface area (Å²) < 4.78 is 0. The van der Waals surface area contributed by atoms with Gasteiger partial charge in [0, 0.05) is 6.42 Å². The molecule has 1 atom stereocenters. The average molecular weight is 169 g/mol. The van der Waals surface area contributed by atoms with Crippen LogP contribution in [0.2, 0.25) is 0 Å². The van der Waals surface area contributed by atoms with Crippen LogP contribution in [0.1, 0.15) is 25.7 Å². The summed E-state index contributed by atoms with van der Waals surface area (Å²) >= 11 is 0. The number of hydrogen-bond acceptors (Lipinski definition) is 2. The Morgan fingerprint density at radius 3 is 2.67 bits per heavy atom. The average Bonchev–Trinajstić information content (AvgIpc) is 2.03. The fraction of sp³-hybridized carbons (Fsp3) is 0.667. The standard InChI is InChI=1S/C9H15NO2/c1-2-5-8(9(11)12)6-3-4-7-10/h1,8H,3-7,10H2,(H,11,12). The van der Waals surface area contributed by atoms with E-state index in [9.17, 15) is 4.79 Å². The molecule has 0 amide bonds. The quantitative estimate of drug-likeness (QED) is 0.457.